The number of nitrogens with zero attached hydrogens (tertiary/aromatic N) is 3. The standard InChI is InChI=1S/C26H23Cl2N3O/c1-18-5-4-7-19(13-18)26(32)30-12-11-23(17-30)31(16-21-6-2-3-8-24(21)27)22-10-9-20(15-29)25(28)14-22/h2-10,13-14,23H,11-12,16-17H2,1H3. The van der Waals surface area contributed by atoms with E-state index in [9.17, 15) is 10.1 Å². The van der Waals surface area contributed by atoms with Crippen molar-refractivity contribution < 1.29 is 4.79 Å². The summed E-state index contributed by atoms with van der Waals surface area (Å²) in [6, 6.07) is 23.1. The molecule has 0 saturated carbocycles. The molecule has 1 aliphatic rings. The van der Waals surface area contributed by atoms with Crippen LogP contribution in [0.1, 0.15) is 33.5 Å². The fourth-order valence-electron chi connectivity index (χ4n) is 4.16. The number of hydrogen-bond acceptors (Lipinski definition) is 3. The minimum absolute atomic E-state index is 0.0479. The molecule has 0 aliphatic carbocycles. The van der Waals surface area contributed by atoms with Crippen LogP contribution in [0.5, 0.6) is 0 Å². The molecular weight excluding hydrogens is 441 g/mol. The number of rotatable bonds is 5. The molecule has 6 heteroatoms. The summed E-state index contributed by atoms with van der Waals surface area (Å²) in [7, 11) is 0. The number of carbonyl (C=O) groups excluding carboxylic acids is 1. The van der Waals surface area contributed by atoms with Gasteiger partial charge in [-0.15, -0.1) is 0 Å². The van der Waals surface area contributed by atoms with Gasteiger partial charge in [-0.3, -0.25) is 4.79 Å². The number of nitriles is 1. The van der Waals surface area contributed by atoms with E-state index in [1.165, 1.54) is 0 Å². The summed E-state index contributed by atoms with van der Waals surface area (Å²) in [6.45, 7) is 3.86. The van der Waals surface area contributed by atoms with Gasteiger partial charge in [0.1, 0.15) is 6.07 Å². The Labute approximate surface area is 198 Å². The first-order chi connectivity index (χ1) is 15.5. The fraction of sp³-hybridized carbons (Fsp3) is 0.231. The number of halogens is 2. The van der Waals surface area contributed by atoms with Crippen LogP contribution in [0.25, 0.3) is 0 Å². The first-order valence-corrected chi connectivity index (χ1v) is 11.3. The molecule has 1 unspecified atom stereocenters. The second-order valence-corrected chi connectivity index (χ2v) is 8.87. The number of carbonyl (C=O) groups is 1. The summed E-state index contributed by atoms with van der Waals surface area (Å²) in [5.41, 5.74) is 4.13. The van der Waals surface area contributed by atoms with Crippen molar-refractivity contribution >= 4 is 34.8 Å². The molecule has 0 radical (unpaired) electrons. The predicted molar refractivity (Wildman–Crippen MR) is 129 cm³/mol. The normalized spacial score (nSPS) is 15.4. The van der Waals surface area contributed by atoms with Gasteiger partial charge in [-0.25, -0.2) is 0 Å². The average Bonchev–Trinajstić information content (AvgIpc) is 3.28. The molecule has 4 nitrogen and oxygen atoms in total. The molecule has 1 heterocycles. The van der Waals surface area contributed by atoms with E-state index in [0.717, 1.165) is 23.2 Å². The van der Waals surface area contributed by atoms with Crippen molar-refractivity contribution in [1.29, 1.82) is 5.26 Å². The van der Waals surface area contributed by atoms with Crippen LogP contribution in [0.4, 0.5) is 5.69 Å². The smallest absolute Gasteiger partial charge is 0.253 e. The van der Waals surface area contributed by atoms with Crippen LogP contribution in [0.3, 0.4) is 0 Å². The highest BCUT2D eigenvalue weighted by Crippen LogP contribution is 2.31. The minimum Gasteiger partial charge on any atom is -0.362 e. The highest BCUT2D eigenvalue weighted by molar-refractivity contribution is 6.32. The molecule has 0 aromatic heterocycles. The van der Waals surface area contributed by atoms with Gasteiger partial charge in [-0.2, -0.15) is 5.26 Å². The molecule has 4 rings (SSSR count). The van der Waals surface area contributed by atoms with E-state index >= 15 is 0 Å². The van der Waals surface area contributed by atoms with E-state index in [1.807, 2.05) is 72.5 Å². The number of anilines is 1. The van der Waals surface area contributed by atoms with E-state index in [-0.39, 0.29) is 11.9 Å². The van der Waals surface area contributed by atoms with Crippen molar-refractivity contribution in [3.63, 3.8) is 0 Å². The number of aryl methyl sites for hydroxylation is 1. The summed E-state index contributed by atoms with van der Waals surface area (Å²) >= 11 is 12.8. The third-order valence-electron chi connectivity index (χ3n) is 5.86. The van der Waals surface area contributed by atoms with Gasteiger partial charge in [0.15, 0.2) is 0 Å². The summed E-state index contributed by atoms with van der Waals surface area (Å²) in [6.07, 6.45) is 0.833. The lowest BCUT2D eigenvalue weighted by Gasteiger charge is -2.32. The molecular formula is C26H23Cl2N3O. The third kappa shape index (κ3) is 4.75. The quantitative estimate of drug-likeness (QED) is 0.459. The van der Waals surface area contributed by atoms with E-state index in [1.54, 1.807) is 6.07 Å². The Balaban J connectivity index is 1.61. The Morgan fingerprint density at radius 3 is 2.62 bits per heavy atom. The lowest BCUT2D eigenvalue weighted by Crippen LogP contribution is -2.38. The summed E-state index contributed by atoms with van der Waals surface area (Å²) < 4.78 is 0. The van der Waals surface area contributed by atoms with Crippen LogP contribution >= 0.6 is 23.2 Å². The molecule has 0 spiro atoms. The van der Waals surface area contributed by atoms with Crippen molar-refractivity contribution in [3.05, 3.63) is 99.0 Å². The molecule has 3 aromatic rings. The third-order valence-corrected chi connectivity index (χ3v) is 6.54. The van der Waals surface area contributed by atoms with Gasteiger partial charge in [0.05, 0.1) is 10.6 Å². The maximum absolute atomic E-state index is 13.1. The maximum atomic E-state index is 13.1. The zero-order valence-corrected chi connectivity index (χ0v) is 19.3. The molecule has 162 valence electrons. The van der Waals surface area contributed by atoms with Crippen LogP contribution in [0.15, 0.2) is 66.7 Å². The van der Waals surface area contributed by atoms with Crippen molar-refractivity contribution in [1.82, 2.24) is 4.90 Å². The molecule has 0 bridgehead atoms. The molecule has 3 aromatic carbocycles. The minimum atomic E-state index is 0.0479. The number of benzene rings is 3. The van der Waals surface area contributed by atoms with Gasteiger partial charge in [-0.05, 0) is 55.3 Å². The van der Waals surface area contributed by atoms with Crippen molar-refractivity contribution in [2.45, 2.75) is 25.9 Å². The van der Waals surface area contributed by atoms with E-state index < -0.39 is 0 Å². The van der Waals surface area contributed by atoms with Crippen molar-refractivity contribution in [2.75, 3.05) is 18.0 Å². The zero-order chi connectivity index (χ0) is 22.7. The molecule has 1 aliphatic heterocycles. The first kappa shape index (κ1) is 22.2. The summed E-state index contributed by atoms with van der Waals surface area (Å²) in [5.74, 6) is 0.0479. The number of amides is 1. The first-order valence-electron chi connectivity index (χ1n) is 10.5. The molecule has 1 atom stereocenters. The molecule has 0 N–H and O–H groups in total. The van der Waals surface area contributed by atoms with Crippen LogP contribution in [0, 0.1) is 18.3 Å². The monoisotopic (exact) mass is 463 g/mol. The van der Waals surface area contributed by atoms with Crippen molar-refractivity contribution in [2.24, 2.45) is 0 Å². The Kier molecular flexibility index (Phi) is 6.69. The van der Waals surface area contributed by atoms with Crippen molar-refractivity contribution in [3.8, 4) is 6.07 Å². The molecule has 32 heavy (non-hydrogen) atoms. The Bertz CT molecular complexity index is 1190. The largest absolute Gasteiger partial charge is 0.362 e. The summed E-state index contributed by atoms with van der Waals surface area (Å²) in [4.78, 5) is 17.2. The van der Waals surface area contributed by atoms with E-state index in [2.05, 4.69) is 11.0 Å². The Morgan fingerprint density at radius 2 is 1.91 bits per heavy atom. The van der Waals surface area contributed by atoms with E-state index in [4.69, 9.17) is 23.2 Å². The Hall–Kier alpha value is -3.00. The predicted octanol–water partition coefficient (Wildman–Crippen LogP) is 6.09. The summed E-state index contributed by atoms with van der Waals surface area (Å²) in [5, 5.41) is 10.4. The topological polar surface area (TPSA) is 47.3 Å². The molecule has 1 amide bonds. The van der Waals surface area contributed by atoms with Gasteiger partial charge < -0.3 is 9.80 Å². The van der Waals surface area contributed by atoms with Gasteiger partial charge in [-0.1, -0.05) is 59.1 Å². The number of likely N-dealkylation sites (tertiary alicyclic amines) is 1. The second kappa shape index (κ2) is 9.65. The average molecular weight is 464 g/mol. The van der Waals surface area contributed by atoms with Gasteiger partial charge in [0.25, 0.3) is 5.91 Å². The van der Waals surface area contributed by atoms with Crippen LogP contribution in [-0.4, -0.2) is 29.9 Å². The van der Waals surface area contributed by atoms with Gasteiger partial charge in [0.2, 0.25) is 0 Å². The van der Waals surface area contributed by atoms with E-state index in [0.29, 0.717) is 40.8 Å². The number of hydrogen-bond donors (Lipinski definition) is 0. The SMILES string of the molecule is Cc1cccc(C(=O)N2CCC(N(Cc3ccccc3Cl)c3ccc(C#N)c(Cl)c3)C2)c1. The highest BCUT2D eigenvalue weighted by atomic mass is 35.5. The lowest BCUT2D eigenvalue weighted by molar-refractivity contribution is 0.0790. The molecule has 1 fully saturated rings. The van der Waals surface area contributed by atoms with Gasteiger partial charge >= 0.3 is 0 Å². The van der Waals surface area contributed by atoms with Crippen LogP contribution in [0.2, 0.25) is 10.0 Å². The van der Waals surface area contributed by atoms with Crippen LogP contribution < -0.4 is 4.90 Å². The highest BCUT2D eigenvalue weighted by Gasteiger charge is 2.31. The fourth-order valence-corrected chi connectivity index (χ4v) is 4.57. The second-order valence-electron chi connectivity index (χ2n) is 8.06. The zero-order valence-electron chi connectivity index (χ0n) is 17.8. The van der Waals surface area contributed by atoms with Crippen LogP contribution in [-0.2, 0) is 6.54 Å². The lowest BCUT2D eigenvalue weighted by atomic mass is 10.1. The Morgan fingerprint density at radius 1 is 1.09 bits per heavy atom. The van der Waals surface area contributed by atoms with Gasteiger partial charge in [0, 0.05) is 41.9 Å². The molecule has 1 saturated heterocycles. The maximum Gasteiger partial charge on any atom is 0.253 e.